The minimum Gasteiger partial charge on any atom is -0.396 e. The lowest BCUT2D eigenvalue weighted by Gasteiger charge is -2.26. The van der Waals surface area contributed by atoms with Crippen LogP contribution in [0, 0.1) is 18.8 Å². The van der Waals surface area contributed by atoms with Crippen LogP contribution in [0.15, 0.2) is 30.6 Å². The third-order valence-electron chi connectivity index (χ3n) is 5.43. The molecule has 4 rings (SSSR count). The fraction of sp³-hybridized carbons (Fsp3) is 0.429. The van der Waals surface area contributed by atoms with E-state index in [4.69, 9.17) is 0 Å². The summed E-state index contributed by atoms with van der Waals surface area (Å²) in [5, 5.41) is 11.3. The van der Waals surface area contributed by atoms with Crippen molar-refractivity contribution in [2.45, 2.75) is 39.0 Å². The van der Waals surface area contributed by atoms with E-state index in [0.717, 1.165) is 52.0 Å². The predicted molar refractivity (Wildman–Crippen MR) is 107 cm³/mol. The first-order chi connectivity index (χ1) is 13.1. The summed E-state index contributed by atoms with van der Waals surface area (Å²) in [6.45, 7) is 2.23. The quantitative estimate of drug-likeness (QED) is 0.724. The molecule has 1 aliphatic rings. The Balaban J connectivity index is 1.51. The Labute approximate surface area is 162 Å². The normalized spacial score (nSPS) is 20.1. The molecule has 0 radical (unpaired) electrons. The fourth-order valence-corrected chi connectivity index (χ4v) is 4.54. The number of hydrogen-bond donors (Lipinski definition) is 1. The average Bonchev–Trinajstić information content (AvgIpc) is 3.14. The van der Waals surface area contributed by atoms with Crippen LogP contribution in [0.3, 0.4) is 0 Å². The number of aromatic nitrogens is 3. The van der Waals surface area contributed by atoms with Crippen LogP contribution in [0.4, 0.5) is 0 Å². The molecule has 0 spiro atoms. The number of rotatable bonds is 5. The monoisotopic (exact) mass is 381 g/mol. The van der Waals surface area contributed by atoms with Crippen LogP contribution in [0.25, 0.3) is 21.3 Å². The van der Waals surface area contributed by atoms with Gasteiger partial charge in [0.1, 0.15) is 11.6 Å². The van der Waals surface area contributed by atoms with Crippen LogP contribution in [-0.4, -0.2) is 32.4 Å². The predicted octanol–water partition coefficient (Wildman–Crippen LogP) is 3.97. The van der Waals surface area contributed by atoms with E-state index in [1.54, 1.807) is 17.5 Å². The van der Waals surface area contributed by atoms with Crippen molar-refractivity contribution >= 4 is 28.0 Å². The largest absolute Gasteiger partial charge is 0.396 e. The van der Waals surface area contributed by atoms with E-state index in [2.05, 4.69) is 21.0 Å². The summed E-state index contributed by atoms with van der Waals surface area (Å²) in [6, 6.07) is 6.12. The van der Waals surface area contributed by atoms with Crippen LogP contribution in [0.5, 0.6) is 0 Å². The maximum atomic E-state index is 12.6. The maximum Gasteiger partial charge on any atom is 0.143 e. The summed E-state index contributed by atoms with van der Waals surface area (Å²) in [7, 11) is 0. The van der Waals surface area contributed by atoms with Crippen molar-refractivity contribution in [3.63, 3.8) is 0 Å². The molecule has 1 aromatic carbocycles. The van der Waals surface area contributed by atoms with Gasteiger partial charge in [0.05, 0.1) is 21.8 Å². The van der Waals surface area contributed by atoms with Gasteiger partial charge < -0.3 is 5.11 Å². The number of carbonyl (C=O) groups is 1. The molecule has 1 saturated carbocycles. The number of aliphatic hydroxyl groups is 1. The number of carbonyl (C=O) groups excluding carboxylic acids is 1. The summed E-state index contributed by atoms with van der Waals surface area (Å²) in [5.41, 5.74) is 1.95. The number of Topliss-reactive ketones (excluding diaryl/α,β-unsaturated/α-hetero) is 1. The fourth-order valence-electron chi connectivity index (χ4n) is 3.76. The summed E-state index contributed by atoms with van der Waals surface area (Å²) < 4.78 is 0. The number of benzene rings is 1. The Morgan fingerprint density at radius 2 is 2.00 bits per heavy atom. The van der Waals surface area contributed by atoms with E-state index in [9.17, 15) is 9.90 Å². The molecule has 0 unspecified atom stereocenters. The zero-order chi connectivity index (χ0) is 18.8. The number of ketones is 1. The molecule has 1 N–H and O–H groups in total. The van der Waals surface area contributed by atoms with Gasteiger partial charge in [0.2, 0.25) is 0 Å². The first-order valence-corrected chi connectivity index (χ1v) is 10.3. The van der Waals surface area contributed by atoms with Gasteiger partial charge in [-0.2, -0.15) is 0 Å². The summed E-state index contributed by atoms with van der Waals surface area (Å²) in [5.74, 6) is 1.26. The van der Waals surface area contributed by atoms with Crippen molar-refractivity contribution in [1.29, 1.82) is 0 Å². The van der Waals surface area contributed by atoms with E-state index >= 15 is 0 Å². The molecule has 2 aromatic heterocycles. The molecule has 1 aliphatic carbocycles. The van der Waals surface area contributed by atoms with Crippen LogP contribution in [-0.2, 0) is 11.2 Å². The first kappa shape index (κ1) is 18.2. The topological polar surface area (TPSA) is 76.0 Å². The van der Waals surface area contributed by atoms with Crippen LogP contribution in [0.2, 0.25) is 0 Å². The zero-order valence-corrected chi connectivity index (χ0v) is 16.2. The standard InChI is InChI=1S/C21H23N3O2S/c1-13-22-11-20(27-13)16-6-7-17-10-23-21(24-18(17)8-16)9-19(26)15-4-2-14(12-25)3-5-15/h6-8,10-11,14-15,25H,2-5,9,12H2,1H3. The minimum absolute atomic E-state index is 0.0820. The van der Waals surface area contributed by atoms with Crippen LogP contribution in [0.1, 0.15) is 36.5 Å². The molecular formula is C21H23N3O2S. The number of hydrogen-bond acceptors (Lipinski definition) is 6. The van der Waals surface area contributed by atoms with Crippen molar-refractivity contribution in [3.8, 4) is 10.4 Å². The molecule has 2 heterocycles. The average molecular weight is 382 g/mol. The van der Waals surface area contributed by atoms with Gasteiger partial charge in [-0.15, -0.1) is 11.3 Å². The second-order valence-corrected chi connectivity index (χ2v) is 8.58. The molecule has 0 bridgehead atoms. The lowest BCUT2D eigenvalue weighted by atomic mass is 9.80. The van der Waals surface area contributed by atoms with Gasteiger partial charge in [-0.3, -0.25) is 4.79 Å². The highest BCUT2D eigenvalue weighted by atomic mass is 32.1. The van der Waals surface area contributed by atoms with Gasteiger partial charge in [-0.05, 0) is 50.2 Å². The molecule has 140 valence electrons. The molecule has 27 heavy (non-hydrogen) atoms. The van der Waals surface area contributed by atoms with Gasteiger partial charge >= 0.3 is 0 Å². The molecule has 1 fully saturated rings. The number of aryl methyl sites for hydroxylation is 1. The summed E-state index contributed by atoms with van der Waals surface area (Å²) in [4.78, 5) is 27.1. The highest BCUT2D eigenvalue weighted by Gasteiger charge is 2.26. The number of thiazole rings is 1. The third-order valence-corrected chi connectivity index (χ3v) is 6.39. The van der Waals surface area contributed by atoms with Crippen molar-refractivity contribution in [3.05, 3.63) is 41.4 Å². The van der Waals surface area contributed by atoms with Crippen molar-refractivity contribution < 1.29 is 9.90 Å². The van der Waals surface area contributed by atoms with Gasteiger partial charge in [-0.1, -0.05) is 12.1 Å². The lowest BCUT2D eigenvalue weighted by molar-refractivity contribution is -0.123. The smallest absolute Gasteiger partial charge is 0.143 e. The molecule has 3 aromatic rings. The second kappa shape index (κ2) is 7.82. The SMILES string of the molecule is Cc1ncc(-c2ccc3cnc(CC(=O)C4CCC(CO)CC4)nc3c2)s1. The van der Waals surface area contributed by atoms with Crippen LogP contribution < -0.4 is 0 Å². The van der Waals surface area contributed by atoms with Crippen molar-refractivity contribution in [2.24, 2.45) is 11.8 Å². The Bertz CT molecular complexity index is 961. The van der Waals surface area contributed by atoms with E-state index in [0.29, 0.717) is 11.7 Å². The summed E-state index contributed by atoms with van der Waals surface area (Å²) >= 11 is 1.66. The van der Waals surface area contributed by atoms with E-state index in [-0.39, 0.29) is 24.7 Å². The Morgan fingerprint density at radius 1 is 1.19 bits per heavy atom. The molecule has 0 aliphatic heterocycles. The highest BCUT2D eigenvalue weighted by molar-refractivity contribution is 7.15. The van der Waals surface area contributed by atoms with E-state index < -0.39 is 0 Å². The molecule has 0 atom stereocenters. The maximum absolute atomic E-state index is 12.6. The van der Waals surface area contributed by atoms with Crippen molar-refractivity contribution in [2.75, 3.05) is 6.61 Å². The second-order valence-electron chi connectivity index (χ2n) is 7.35. The Kier molecular flexibility index (Phi) is 5.27. The summed E-state index contributed by atoms with van der Waals surface area (Å²) in [6.07, 6.45) is 7.57. The van der Waals surface area contributed by atoms with Gasteiger partial charge in [0.25, 0.3) is 0 Å². The minimum atomic E-state index is 0.0820. The van der Waals surface area contributed by atoms with Crippen LogP contribution >= 0.6 is 11.3 Å². The number of aliphatic hydroxyl groups excluding tert-OH is 1. The zero-order valence-electron chi connectivity index (χ0n) is 15.4. The molecule has 5 nitrogen and oxygen atoms in total. The van der Waals surface area contributed by atoms with Crippen molar-refractivity contribution in [1.82, 2.24) is 15.0 Å². The molecule has 6 heteroatoms. The molecule has 0 saturated heterocycles. The highest BCUT2D eigenvalue weighted by Crippen LogP contribution is 2.30. The first-order valence-electron chi connectivity index (χ1n) is 9.44. The molecule has 0 amide bonds. The lowest BCUT2D eigenvalue weighted by Crippen LogP contribution is -2.25. The molecular weight excluding hydrogens is 358 g/mol. The Morgan fingerprint density at radius 3 is 2.70 bits per heavy atom. The van der Waals surface area contributed by atoms with E-state index in [1.807, 2.05) is 25.3 Å². The third kappa shape index (κ3) is 4.06. The van der Waals surface area contributed by atoms with Gasteiger partial charge in [-0.25, -0.2) is 15.0 Å². The van der Waals surface area contributed by atoms with E-state index in [1.165, 1.54) is 0 Å². The Hall–Kier alpha value is -2.18. The number of nitrogens with zero attached hydrogens (tertiary/aromatic N) is 3. The number of fused-ring (bicyclic) bond motifs is 1. The van der Waals surface area contributed by atoms with Gasteiger partial charge in [0.15, 0.2) is 0 Å². The van der Waals surface area contributed by atoms with Gasteiger partial charge in [0, 0.05) is 30.3 Å².